The van der Waals surface area contributed by atoms with Crippen molar-refractivity contribution in [2.24, 2.45) is 0 Å². The summed E-state index contributed by atoms with van der Waals surface area (Å²) in [6.07, 6.45) is 1.26. The molecule has 106 valence electrons. The Balaban J connectivity index is 2.33. The van der Waals surface area contributed by atoms with E-state index in [1.807, 2.05) is 0 Å². The molecule has 0 unspecified atom stereocenters. The van der Waals surface area contributed by atoms with Gasteiger partial charge in [0, 0.05) is 4.90 Å². The molecule has 0 spiro atoms. The van der Waals surface area contributed by atoms with E-state index in [9.17, 15) is 8.78 Å². The molecule has 0 aliphatic rings. The minimum absolute atomic E-state index is 0.143. The number of nitrogens with zero attached hydrogens (tertiary/aromatic N) is 2. The van der Waals surface area contributed by atoms with E-state index in [0.29, 0.717) is 28.2 Å². The Bertz CT molecular complexity index is 601. The van der Waals surface area contributed by atoms with Gasteiger partial charge in [-0.15, -0.1) is 0 Å². The molecular weight excluding hydrogens is 308 g/mol. The summed E-state index contributed by atoms with van der Waals surface area (Å²) >= 11 is 6.33. The smallest absolute Gasteiger partial charge is 0.288 e. The van der Waals surface area contributed by atoms with E-state index in [4.69, 9.17) is 16.3 Å². The van der Waals surface area contributed by atoms with Crippen molar-refractivity contribution in [1.82, 2.24) is 9.97 Å². The molecular formula is C12H10ClF2N3OS. The first-order valence-electron chi connectivity index (χ1n) is 5.47. The highest BCUT2D eigenvalue weighted by molar-refractivity contribution is 7.99. The summed E-state index contributed by atoms with van der Waals surface area (Å²) < 4.78 is 30.1. The maximum atomic E-state index is 12.5. The van der Waals surface area contributed by atoms with Crippen molar-refractivity contribution in [3.8, 4) is 5.75 Å². The van der Waals surface area contributed by atoms with Crippen LogP contribution in [0.5, 0.6) is 5.75 Å². The van der Waals surface area contributed by atoms with Gasteiger partial charge < -0.3 is 10.1 Å². The van der Waals surface area contributed by atoms with Crippen molar-refractivity contribution in [1.29, 1.82) is 0 Å². The minimum Gasteiger partial charge on any atom is -0.490 e. The number of anilines is 2. The third kappa shape index (κ3) is 3.49. The predicted molar refractivity (Wildman–Crippen MR) is 75.2 cm³/mol. The molecule has 0 aliphatic heterocycles. The Kier molecular flexibility index (Phi) is 4.97. The second kappa shape index (κ2) is 6.71. The molecule has 1 aromatic heterocycles. The van der Waals surface area contributed by atoms with Crippen LogP contribution in [0.15, 0.2) is 35.5 Å². The lowest BCUT2D eigenvalue weighted by Crippen LogP contribution is -2.00. The lowest BCUT2D eigenvalue weighted by molar-refractivity contribution is 0.252. The molecule has 8 heteroatoms. The number of nitrogens with one attached hydrogen (secondary N) is 1. The summed E-state index contributed by atoms with van der Waals surface area (Å²) in [7, 11) is 1.43. The number of ether oxygens (including phenoxy) is 1. The van der Waals surface area contributed by atoms with Crippen LogP contribution in [0.4, 0.5) is 20.3 Å². The number of hydrogen-bond acceptors (Lipinski definition) is 5. The molecule has 0 amide bonds. The van der Waals surface area contributed by atoms with Crippen molar-refractivity contribution in [2.45, 2.75) is 10.7 Å². The van der Waals surface area contributed by atoms with E-state index in [1.165, 1.54) is 13.4 Å². The molecule has 0 saturated carbocycles. The van der Waals surface area contributed by atoms with Crippen LogP contribution >= 0.6 is 23.4 Å². The standard InChI is InChI=1S/C12H10ClF2N3OS/c1-19-9-10(13)16-6-17-11(9)18-7-4-2-3-5-8(7)20-12(14)15/h2-6,12H,1H3,(H,16,17,18). The van der Waals surface area contributed by atoms with Gasteiger partial charge in [-0.25, -0.2) is 9.97 Å². The molecule has 2 rings (SSSR count). The lowest BCUT2D eigenvalue weighted by atomic mass is 10.3. The zero-order valence-corrected chi connectivity index (χ0v) is 11.9. The third-order valence-electron chi connectivity index (χ3n) is 2.32. The molecule has 4 nitrogen and oxygen atoms in total. The molecule has 0 bridgehead atoms. The SMILES string of the molecule is COc1c(Cl)ncnc1Nc1ccccc1SC(F)F. The van der Waals surface area contributed by atoms with Gasteiger partial charge in [-0.05, 0) is 12.1 Å². The molecule has 1 heterocycles. The van der Waals surface area contributed by atoms with Gasteiger partial charge in [-0.3, -0.25) is 0 Å². The highest BCUT2D eigenvalue weighted by Crippen LogP contribution is 2.36. The summed E-state index contributed by atoms with van der Waals surface area (Å²) in [5, 5.41) is 3.07. The highest BCUT2D eigenvalue weighted by Gasteiger charge is 2.14. The number of halogens is 3. The molecule has 1 N–H and O–H groups in total. The third-order valence-corrected chi connectivity index (χ3v) is 3.38. The largest absolute Gasteiger partial charge is 0.490 e. The summed E-state index contributed by atoms with van der Waals surface area (Å²) in [6, 6.07) is 6.67. The average molecular weight is 318 g/mol. The van der Waals surface area contributed by atoms with Crippen LogP contribution in [0.1, 0.15) is 0 Å². The number of aromatic nitrogens is 2. The van der Waals surface area contributed by atoms with Crippen LogP contribution in [0.2, 0.25) is 5.15 Å². The first-order valence-corrected chi connectivity index (χ1v) is 6.73. The van der Waals surface area contributed by atoms with Crippen molar-refractivity contribution in [3.05, 3.63) is 35.7 Å². The van der Waals surface area contributed by atoms with E-state index in [-0.39, 0.29) is 10.9 Å². The molecule has 20 heavy (non-hydrogen) atoms. The number of rotatable bonds is 5. The fourth-order valence-electron chi connectivity index (χ4n) is 1.52. The van der Waals surface area contributed by atoms with Gasteiger partial charge in [-0.1, -0.05) is 35.5 Å². The maximum absolute atomic E-state index is 12.5. The van der Waals surface area contributed by atoms with Gasteiger partial charge in [0.2, 0.25) is 0 Å². The Morgan fingerprint density at radius 3 is 2.75 bits per heavy atom. The molecule has 0 saturated heterocycles. The minimum atomic E-state index is -2.51. The molecule has 1 aromatic carbocycles. The zero-order valence-electron chi connectivity index (χ0n) is 10.3. The Labute approximate surface area is 123 Å². The number of thioether (sulfide) groups is 1. The molecule has 0 atom stereocenters. The van der Waals surface area contributed by atoms with Gasteiger partial charge in [0.25, 0.3) is 5.76 Å². The van der Waals surface area contributed by atoms with Crippen molar-refractivity contribution < 1.29 is 13.5 Å². The average Bonchev–Trinajstić information content (AvgIpc) is 2.41. The summed E-state index contributed by atoms with van der Waals surface area (Å²) in [4.78, 5) is 8.19. The van der Waals surface area contributed by atoms with Crippen LogP contribution in [-0.2, 0) is 0 Å². The van der Waals surface area contributed by atoms with Crippen molar-refractivity contribution in [3.63, 3.8) is 0 Å². The number of benzene rings is 1. The Morgan fingerprint density at radius 2 is 2.05 bits per heavy atom. The molecule has 0 radical (unpaired) electrons. The molecule has 0 fully saturated rings. The van der Waals surface area contributed by atoms with Gasteiger partial charge in [-0.2, -0.15) is 8.78 Å². The van der Waals surface area contributed by atoms with Crippen LogP contribution < -0.4 is 10.1 Å². The number of para-hydroxylation sites is 1. The summed E-state index contributed by atoms with van der Waals surface area (Å²) in [5.74, 6) is -1.94. The number of alkyl halides is 2. The van der Waals surface area contributed by atoms with E-state index in [2.05, 4.69) is 15.3 Å². The van der Waals surface area contributed by atoms with Gasteiger partial charge in [0.05, 0.1) is 12.8 Å². The second-order valence-electron chi connectivity index (χ2n) is 3.55. The van der Waals surface area contributed by atoms with Crippen molar-refractivity contribution >= 4 is 34.9 Å². The first-order chi connectivity index (χ1) is 9.61. The van der Waals surface area contributed by atoms with E-state index < -0.39 is 5.76 Å². The van der Waals surface area contributed by atoms with E-state index in [0.717, 1.165) is 0 Å². The summed E-state index contributed by atoms with van der Waals surface area (Å²) in [6.45, 7) is 0. The Morgan fingerprint density at radius 1 is 1.30 bits per heavy atom. The first kappa shape index (κ1) is 14.8. The van der Waals surface area contributed by atoms with Crippen molar-refractivity contribution in [2.75, 3.05) is 12.4 Å². The van der Waals surface area contributed by atoms with Gasteiger partial charge in [0.1, 0.15) is 6.33 Å². The van der Waals surface area contributed by atoms with Gasteiger partial charge >= 0.3 is 0 Å². The monoisotopic (exact) mass is 317 g/mol. The topological polar surface area (TPSA) is 47.0 Å². The summed E-state index contributed by atoms with van der Waals surface area (Å²) in [5.41, 5.74) is 0.492. The molecule has 0 aliphatic carbocycles. The fraction of sp³-hybridized carbons (Fsp3) is 0.167. The van der Waals surface area contributed by atoms with Crippen LogP contribution in [-0.4, -0.2) is 22.8 Å². The highest BCUT2D eigenvalue weighted by atomic mass is 35.5. The molecule has 2 aromatic rings. The number of methoxy groups -OCH3 is 1. The van der Waals surface area contributed by atoms with E-state index >= 15 is 0 Å². The maximum Gasteiger partial charge on any atom is 0.288 e. The van der Waals surface area contributed by atoms with Crippen LogP contribution in [0.25, 0.3) is 0 Å². The normalized spacial score (nSPS) is 10.7. The quantitative estimate of drug-likeness (QED) is 0.661. The number of hydrogen-bond donors (Lipinski definition) is 1. The van der Waals surface area contributed by atoms with Crippen LogP contribution in [0, 0.1) is 0 Å². The predicted octanol–water partition coefficient (Wildman–Crippen LogP) is 4.20. The lowest BCUT2D eigenvalue weighted by Gasteiger charge is -2.13. The Hall–Kier alpha value is -1.60. The van der Waals surface area contributed by atoms with E-state index in [1.54, 1.807) is 24.3 Å². The second-order valence-corrected chi connectivity index (χ2v) is 4.94. The fourth-order valence-corrected chi connectivity index (χ4v) is 2.32. The zero-order chi connectivity index (χ0) is 14.5. The van der Waals surface area contributed by atoms with Crippen LogP contribution in [0.3, 0.4) is 0 Å². The van der Waals surface area contributed by atoms with Gasteiger partial charge in [0.15, 0.2) is 16.7 Å².